The van der Waals surface area contributed by atoms with E-state index in [1.54, 1.807) is 0 Å². The third-order valence-corrected chi connectivity index (χ3v) is 3.95. The molecule has 0 saturated carbocycles. The smallest absolute Gasteiger partial charge is 0.324 e. The molecule has 0 saturated heterocycles. The van der Waals surface area contributed by atoms with Gasteiger partial charge in [0.15, 0.2) is 0 Å². The highest BCUT2D eigenvalue weighted by Crippen LogP contribution is 2.38. The molecule has 1 rings (SSSR count). The quantitative estimate of drug-likeness (QED) is 0.851. The van der Waals surface area contributed by atoms with E-state index in [2.05, 4.69) is 5.32 Å². The Labute approximate surface area is 125 Å². The van der Waals surface area contributed by atoms with Gasteiger partial charge in [0.25, 0.3) is 0 Å². The predicted molar refractivity (Wildman–Crippen MR) is 77.2 cm³/mol. The van der Waals surface area contributed by atoms with Crippen LogP contribution >= 0.6 is 23.4 Å². The van der Waals surface area contributed by atoms with Crippen LogP contribution in [0.5, 0.6) is 0 Å². The third kappa shape index (κ3) is 5.25. The van der Waals surface area contributed by atoms with Crippen LogP contribution in [-0.4, -0.2) is 17.4 Å². The Bertz CT molecular complexity index is 477. The number of thioether (sulfide) groups is 1. The summed E-state index contributed by atoms with van der Waals surface area (Å²) in [5.74, 6) is 0.788. The Kier molecular flexibility index (Phi) is 6.20. The fourth-order valence-corrected chi connectivity index (χ4v) is 2.52. The normalized spacial score (nSPS) is 11.8. The predicted octanol–water partition coefficient (Wildman–Crippen LogP) is 4.69. The van der Waals surface area contributed by atoms with Gasteiger partial charge in [0.1, 0.15) is 0 Å². The second-order valence-corrected chi connectivity index (χ2v) is 6.05. The Balaban J connectivity index is 2.79. The summed E-state index contributed by atoms with van der Waals surface area (Å²) in [5.41, 5.74) is -1.32. The molecule has 1 amide bonds. The number of carbonyl (C=O) groups excluding carboxylic acids is 1. The minimum absolute atomic E-state index is 0.0979. The molecule has 2 nitrogen and oxygen atoms in total. The second kappa shape index (κ2) is 7.22. The molecule has 0 heterocycles. The molecule has 0 atom stereocenters. The van der Waals surface area contributed by atoms with Crippen LogP contribution in [0.3, 0.4) is 0 Å². The van der Waals surface area contributed by atoms with Crippen molar-refractivity contribution >= 4 is 35.0 Å². The highest BCUT2D eigenvalue weighted by atomic mass is 35.5. The molecule has 0 aliphatic rings. The summed E-state index contributed by atoms with van der Waals surface area (Å²) in [6.45, 7) is 4.00. The Hall–Kier alpha value is -0.880. The number of rotatable bonds is 5. The zero-order valence-electron chi connectivity index (χ0n) is 11.1. The molecule has 0 aromatic heterocycles. The molecule has 7 heteroatoms. The maximum absolute atomic E-state index is 12.8. The maximum atomic E-state index is 12.8. The molecular weight excluding hydrogens is 311 g/mol. The molecule has 0 bridgehead atoms. The molecule has 1 aromatic rings. The fourth-order valence-electron chi connectivity index (χ4n) is 1.45. The molecule has 0 spiro atoms. The topological polar surface area (TPSA) is 29.1 Å². The van der Waals surface area contributed by atoms with Crippen LogP contribution in [0.25, 0.3) is 0 Å². The SMILES string of the molecule is CC(C)CSCC(=O)Nc1c(Cl)cccc1C(F)(F)F. The van der Waals surface area contributed by atoms with Gasteiger partial charge in [0.05, 0.1) is 22.0 Å². The largest absolute Gasteiger partial charge is 0.418 e. The van der Waals surface area contributed by atoms with Gasteiger partial charge >= 0.3 is 6.18 Å². The average molecular weight is 326 g/mol. The van der Waals surface area contributed by atoms with Gasteiger partial charge in [-0.25, -0.2) is 0 Å². The van der Waals surface area contributed by atoms with Crippen molar-refractivity contribution in [2.45, 2.75) is 20.0 Å². The molecule has 0 unspecified atom stereocenters. The molecule has 1 aromatic carbocycles. The number of benzene rings is 1. The molecule has 0 aliphatic heterocycles. The van der Waals surface area contributed by atoms with Gasteiger partial charge in [-0.05, 0) is 23.8 Å². The summed E-state index contributed by atoms with van der Waals surface area (Å²) >= 11 is 7.11. The molecule has 20 heavy (non-hydrogen) atoms. The highest BCUT2D eigenvalue weighted by Gasteiger charge is 2.34. The van der Waals surface area contributed by atoms with E-state index in [-0.39, 0.29) is 16.5 Å². The number of hydrogen-bond acceptors (Lipinski definition) is 2. The van der Waals surface area contributed by atoms with Crippen molar-refractivity contribution in [1.29, 1.82) is 0 Å². The molecule has 112 valence electrons. The summed E-state index contributed by atoms with van der Waals surface area (Å²) in [6, 6.07) is 3.41. The lowest BCUT2D eigenvalue weighted by molar-refractivity contribution is -0.137. The molecule has 0 aliphatic carbocycles. The molecule has 0 fully saturated rings. The molecular formula is C13H15ClF3NOS. The first-order valence-electron chi connectivity index (χ1n) is 5.95. The van der Waals surface area contributed by atoms with Crippen LogP contribution < -0.4 is 5.32 Å². The number of alkyl halides is 3. The lowest BCUT2D eigenvalue weighted by atomic mass is 10.1. The number of carbonyl (C=O) groups is 1. The summed E-state index contributed by atoms with van der Waals surface area (Å²) in [6.07, 6.45) is -4.56. The van der Waals surface area contributed by atoms with E-state index in [9.17, 15) is 18.0 Å². The lowest BCUT2D eigenvalue weighted by Crippen LogP contribution is -2.19. The van der Waals surface area contributed by atoms with Crippen LogP contribution in [0.4, 0.5) is 18.9 Å². The van der Waals surface area contributed by atoms with E-state index in [0.29, 0.717) is 5.92 Å². The number of nitrogens with one attached hydrogen (secondary N) is 1. The van der Waals surface area contributed by atoms with E-state index in [1.807, 2.05) is 13.8 Å². The Morgan fingerprint density at radius 2 is 2.05 bits per heavy atom. The highest BCUT2D eigenvalue weighted by molar-refractivity contribution is 7.99. The van der Waals surface area contributed by atoms with Gasteiger partial charge in [0, 0.05) is 0 Å². The van der Waals surface area contributed by atoms with Crippen molar-refractivity contribution in [2.75, 3.05) is 16.8 Å². The van der Waals surface area contributed by atoms with Crippen molar-refractivity contribution in [1.82, 2.24) is 0 Å². The third-order valence-electron chi connectivity index (χ3n) is 2.27. The summed E-state index contributed by atoms with van der Waals surface area (Å²) in [5, 5.41) is 2.12. The first-order chi connectivity index (χ1) is 9.21. The minimum atomic E-state index is -4.56. The number of para-hydroxylation sites is 1. The van der Waals surface area contributed by atoms with Crippen LogP contribution in [0.2, 0.25) is 5.02 Å². The van der Waals surface area contributed by atoms with E-state index < -0.39 is 17.6 Å². The lowest BCUT2D eigenvalue weighted by Gasteiger charge is -2.15. The summed E-state index contributed by atoms with van der Waals surface area (Å²) in [7, 11) is 0. The van der Waals surface area contributed by atoms with Crippen LogP contribution in [0.1, 0.15) is 19.4 Å². The Morgan fingerprint density at radius 3 is 2.60 bits per heavy atom. The standard InChI is InChI=1S/C13H15ClF3NOS/c1-8(2)6-20-7-11(19)18-12-9(13(15,16)17)4-3-5-10(12)14/h3-5,8H,6-7H2,1-2H3,(H,18,19). The number of halogens is 4. The minimum Gasteiger partial charge on any atom is -0.324 e. The Morgan fingerprint density at radius 1 is 1.40 bits per heavy atom. The van der Waals surface area contributed by atoms with Crippen molar-refractivity contribution in [2.24, 2.45) is 5.92 Å². The van der Waals surface area contributed by atoms with Crippen LogP contribution in [-0.2, 0) is 11.0 Å². The van der Waals surface area contributed by atoms with Crippen molar-refractivity contribution in [3.05, 3.63) is 28.8 Å². The average Bonchev–Trinajstić information content (AvgIpc) is 2.29. The van der Waals surface area contributed by atoms with Gasteiger partial charge in [-0.2, -0.15) is 24.9 Å². The first-order valence-corrected chi connectivity index (χ1v) is 7.48. The van der Waals surface area contributed by atoms with Gasteiger partial charge in [-0.3, -0.25) is 4.79 Å². The van der Waals surface area contributed by atoms with Crippen molar-refractivity contribution < 1.29 is 18.0 Å². The fraction of sp³-hybridized carbons (Fsp3) is 0.462. The second-order valence-electron chi connectivity index (χ2n) is 4.62. The van der Waals surface area contributed by atoms with Gasteiger partial charge < -0.3 is 5.32 Å². The van der Waals surface area contributed by atoms with E-state index in [1.165, 1.54) is 23.9 Å². The van der Waals surface area contributed by atoms with Gasteiger partial charge in [-0.15, -0.1) is 0 Å². The van der Waals surface area contributed by atoms with Crippen molar-refractivity contribution in [3.63, 3.8) is 0 Å². The zero-order valence-corrected chi connectivity index (χ0v) is 12.6. The number of hydrogen-bond donors (Lipinski definition) is 1. The van der Waals surface area contributed by atoms with Crippen molar-refractivity contribution in [3.8, 4) is 0 Å². The monoisotopic (exact) mass is 325 g/mol. The number of amides is 1. The summed E-state index contributed by atoms with van der Waals surface area (Å²) in [4.78, 5) is 11.7. The first kappa shape index (κ1) is 17.2. The van der Waals surface area contributed by atoms with E-state index >= 15 is 0 Å². The maximum Gasteiger partial charge on any atom is 0.418 e. The molecule has 1 N–H and O–H groups in total. The van der Waals surface area contributed by atoms with Gasteiger partial charge in [-0.1, -0.05) is 31.5 Å². The molecule has 0 radical (unpaired) electrons. The number of anilines is 1. The van der Waals surface area contributed by atoms with E-state index in [0.717, 1.165) is 11.8 Å². The van der Waals surface area contributed by atoms with Crippen LogP contribution in [0, 0.1) is 5.92 Å². The van der Waals surface area contributed by atoms with E-state index in [4.69, 9.17) is 11.6 Å². The summed E-state index contributed by atoms with van der Waals surface area (Å²) < 4.78 is 38.5. The van der Waals surface area contributed by atoms with Crippen LogP contribution in [0.15, 0.2) is 18.2 Å². The zero-order chi connectivity index (χ0) is 15.3. The van der Waals surface area contributed by atoms with Gasteiger partial charge in [0.2, 0.25) is 5.91 Å².